The highest BCUT2D eigenvalue weighted by atomic mass is 79.9. The molecule has 0 amide bonds. The van der Waals surface area contributed by atoms with Crippen molar-refractivity contribution in [2.45, 2.75) is 24.6 Å². The summed E-state index contributed by atoms with van der Waals surface area (Å²) in [6.07, 6.45) is 1.68. The molecule has 0 bridgehead atoms. The van der Waals surface area contributed by atoms with Crippen molar-refractivity contribution in [3.8, 4) is 5.75 Å². The molecule has 1 aromatic rings. The van der Waals surface area contributed by atoms with Gasteiger partial charge in [0, 0.05) is 5.56 Å². The number of halogens is 1. The average molecular weight is 327 g/mol. The molecule has 1 aromatic carbocycles. The van der Waals surface area contributed by atoms with E-state index in [9.17, 15) is 9.59 Å². The molecule has 19 heavy (non-hydrogen) atoms. The Hall–Kier alpha value is -1.36. The first kappa shape index (κ1) is 14.1. The minimum absolute atomic E-state index is 0.0721. The number of ketones is 1. The van der Waals surface area contributed by atoms with Gasteiger partial charge in [-0.15, -0.1) is 0 Å². The number of aryl methyl sites for hydroxylation is 1. The van der Waals surface area contributed by atoms with Crippen molar-refractivity contribution >= 4 is 27.7 Å². The standard InChI is InChI=1S/C14H15BrO4/c1-2-18-13(16)8-19-10-5-3-9-4-6-12(15)14(17)11(9)7-10/h3,5,7,12H,2,4,6,8H2,1H3. The Morgan fingerprint density at radius 2 is 2.26 bits per heavy atom. The van der Waals surface area contributed by atoms with Gasteiger partial charge in [-0.2, -0.15) is 0 Å². The monoisotopic (exact) mass is 326 g/mol. The van der Waals surface area contributed by atoms with E-state index in [1.54, 1.807) is 19.1 Å². The van der Waals surface area contributed by atoms with Crippen LogP contribution in [0.4, 0.5) is 0 Å². The van der Waals surface area contributed by atoms with Gasteiger partial charge >= 0.3 is 5.97 Å². The third-order valence-electron chi connectivity index (χ3n) is 2.96. The molecular weight excluding hydrogens is 312 g/mol. The van der Waals surface area contributed by atoms with E-state index >= 15 is 0 Å². The summed E-state index contributed by atoms with van der Waals surface area (Å²) in [5, 5.41) is 0. The van der Waals surface area contributed by atoms with Crippen molar-refractivity contribution in [2.75, 3.05) is 13.2 Å². The zero-order valence-electron chi connectivity index (χ0n) is 10.6. The number of Topliss-reactive ketones (excluding diaryl/α,β-unsaturated/α-hetero) is 1. The number of carbonyl (C=O) groups excluding carboxylic acids is 2. The molecule has 5 heteroatoms. The second-order valence-corrected chi connectivity index (χ2v) is 5.39. The van der Waals surface area contributed by atoms with Crippen molar-refractivity contribution in [2.24, 2.45) is 0 Å². The molecule has 0 fully saturated rings. The third kappa shape index (κ3) is 3.35. The fourth-order valence-corrected chi connectivity index (χ4v) is 2.50. The predicted octanol–water partition coefficient (Wildman–Crippen LogP) is 2.52. The molecule has 0 heterocycles. The van der Waals surface area contributed by atoms with Gasteiger partial charge in [0.25, 0.3) is 0 Å². The second-order valence-electron chi connectivity index (χ2n) is 4.28. The Balaban J connectivity index is 2.08. The van der Waals surface area contributed by atoms with Crippen molar-refractivity contribution < 1.29 is 19.1 Å². The van der Waals surface area contributed by atoms with Crippen LogP contribution in [0, 0.1) is 0 Å². The molecule has 0 radical (unpaired) electrons. The Morgan fingerprint density at radius 1 is 1.47 bits per heavy atom. The summed E-state index contributed by atoms with van der Waals surface area (Å²) in [5.74, 6) is 0.175. The van der Waals surface area contributed by atoms with E-state index in [-0.39, 0.29) is 17.2 Å². The summed E-state index contributed by atoms with van der Waals surface area (Å²) in [7, 11) is 0. The molecule has 1 aliphatic rings. The van der Waals surface area contributed by atoms with Crippen LogP contribution >= 0.6 is 15.9 Å². The van der Waals surface area contributed by atoms with Gasteiger partial charge in [-0.3, -0.25) is 4.79 Å². The van der Waals surface area contributed by atoms with Gasteiger partial charge in [-0.1, -0.05) is 22.0 Å². The Labute approximate surface area is 120 Å². The number of benzene rings is 1. The van der Waals surface area contributed by atoms with Gasteiger partial charge in [0.15, 0.2) is 12.4 Å². The van der Waals surface area contributed by atoms with E-state index in [4.69, 9.17) is 9.47 Å². The van der Waals surface area contributed by atoms with E-state index in [1.165, 1.54) is 0 Å². The summed E-state index contributed by atoms with van der Waals surface area (Å²) in [6.45, 7) is 1.93. The third-order valence-corrected chi connectivity index (χ3v) is 3.83. The highest BCUT2D eigenvalue weighted by molar-refractivity contribution is 9.10. The molecule has 102 valence electrons. The van der Waals surface area contributed by atoms with E-state index in [2.05, 4.69) is 15.9 Å². The van der Waals surface area contributed by atoms with Gasteiger partial charge in [0.2, 0.25) is 0 Å². The normalized spacial score (nSPS) is 17.8. The lowest BCUT2D eigenvalue weighted by Crippen LogP contribution is -2.22. The fourth-order valence-electron chi connectivity index (χ4n) is 2.02. The lowest BCUT2D eigenvalue weighted by Gasteiger charge is -2.19. The molecule has 0 saturated heterocycles. The smallest absolute Gasteiger partial charge is 0.344 e. The second kappa shape index (κ2) is 6.19. The lowest BCUT2D eigenvalue weighted by atomic mass is 9.90. The van der Waals surface area contributed by atoms with Gasteiger partial charge in [0.1, 0.15) is 5.75 Å². The number of carbonyl (C=O) groups is 2. The quantitative estimate of drug-likeness (QED) is 0.630. The number of hydrogen-bond donors (Lipinski definition) is 0. The lowest BCUT2D eigenvalue weighted by molar-refractivity contribution is -0.145. The fraction of sp³-hybridized carbons (Fsp3) is 0.429. The molecule has 0 aromatic heterocycles. The largest absolute Gasteiger partial charge is 0.482 e. The summed E-state index contributed by atoms with van der Waals surface area (Å²) in [5.41, 5.74) is 1.71. The minimum Gasteiger partial charge on any atom is -0.482 e. The van der Waals surface area contributed by atoms with Gasteiger partial charge in [-0.25, -0.2) is 4.79 Å². The number of rotatable bonds is 4. The van der Waals surface area contributed by atoms with E-state index in [0.29, 0.717) is 17.9 Å². The first-order chi connectivity index (χ1) is 9.11. The maximum Gasteiger partial charge on any atom is 0.344 e. The highest BCUT2D eigenvalue weighted by Crippen LogP contribution is 2.28. The number of esters is 1. The number of hydrogen-bond acceptors (Lipinski definition) is 4. The minimum atomic E-state index is -0.412. The highest BCUT2D eigenvalue weighted by Gasteiger charge is 2.25. The molecule has 0 N–H and O–H groups in total. The van der Waals surface area contributed by atoms with Gasteiger partial charge in [-0.05, 0) is 37.5 Å². The van der Waals surface area contributed by atoms with Crippen LogP contribution in [0.15, 0.2) is 18.2 Å². The van der Waals surface area contributed by atoms with Crippen LogP contribution in [-0.4, -0.2) is 29.8 Å². The zero-order chi connectivity index (χ0) is 13.8. The summed E-state index contributed by atoms with van der Waals surface area (Å²) in [4.78, 5) is 23.1. The average Bonchev–Trinajstić information content (AvgIpc) is 2.41. The summed E-state index contributed by atoms with van der Waals surface area (Å²) >= 11 is 3.37. The Bertz CT molecular complexity index is 498. The van der Waals surface area contributed by atoms with Crippen LogP contribution < -0.4 is 4.74 Å². The first-order valence-electron chi connectivity index (χ1n) is 6.21. The maximum atomic E-state index is 12.0. The zero-order valence-corrected chi connectivity index (χ0v) is 12.2. The van der Waals surface area contributed by atoms with Crippen LogP contribution in [-0.2, 0) is 16.0 Å². The summed E-state index contributed by atoms with van der Waals surface area (Å²) < 4.78 is 10.1. The van der Waals surface area contributed by atoms with Crippen molar-refractivity contribution in [1.82, 2.24) is 0 Å². The SMILES string of the molecule is CCOC(=O)COc1ccc2c(c1)C(=O)C(Br)CC2. The molecule has 1 aliphatic carbocycles. The van der Waals surface area contributed by atoms with Crippen molar-refractivity contribution in [3.63, 3.8) is 0 Å². The molecule has 0 aliphatic heterocycles. The molecule has 1 unspecified atom stereocenters. The molecule has 4 nitrogen and oxygen atoms in total. The van der Waals surface area contributed by atoms with Gasteiger partial charge < -0.3 is 9.47 Å². The number of ether oxygens (including phenoxy) is 2. The first-order valence-corrected chi connectivity index (χ1v) is 7.13. The van der Waals surface area contributed by atoms with E-state index in [0.717, 1.165) is 18.4 Å². The van der Waals surface area contributed by atoms with Crippen LogP contribution in [0.25, 0.3) is 0 Å². The van der Waals surface area contributed by atoms with Crippen molar-refractivity contribution in [1.29, 1.82) is 0 Å². The van der Waals surface area contributed by atoms with Gasteiger partial charge in [0.05, 0.1) is 11.4 Å². The number of fused-ring (bicyclic) bond motifs is 1. The van der Waals surface area contributed by atoms with E-state index in [1.807, 2.05) is 6.07 Å². The maximum absolute atomic E-state index is 12.0. The molecule has 1 atom stereocenters. The molecule has 0 saturated carbocycles. The topological polar surface area (TPSA) is 52.6 Å². The van der Waals surface area contributed by atoms with Crippen LogP contribution in [0.1, 0.15) is 29.3 Å². The molecule has 2 rings (SSSR count). The summed E-state index contributed by atoms with van der Waals surface area (Å²) in [6, 6.07) is 5.36. The van der Waals surface area contributed by atoms with E-state index < -0.39 is 5.97 Å². The van der Waals surface area contributed by atoms with Crippen LogP contribution in [0.2, 0.25) is 0 Å². The van der Waals surface area contributed by atoms with Crippen LogP contribution in [0.5, 0.6) is 5.75 Å². The Kier molecular flexibility index (Phi) is 4.58. The number of alkyl halides is 1. The van der Waals surface area contributed by atoms with Crippen LogP contribution in [0.3, 0.4) is 0 Å². The molecule has 0 spiro atoms. The Morgan fingerprint density at radius 3 is 3.00 bits per heavy atom. The molecular formula is C14H15BrO4. The predicted molar refractivity (Wildman–Crippen MR) is 73.9 cm³/mol. The van der Waals surface area contributed by atoms with Crippen molar-refractivity contribution in [3.05, 3.63) is 29.3 Å².